The van der Waals surface area contributed by atoms with E-state index >= 15 is 0 Å². The molecule has 0 unspecified atom stereocenters. The zero-order chi connectivity index (χ0) is 13.0. The maximum atomic E-state index is 12.1. The number of carbonyl (C=O) groups excluding carboxylic acids is 1. The first-order valence-electron chi connectivity index (χ1n) is 5.58. The number of aromatic hydroxyl groups is 1. The molecule has 4 heteroatoms. The Labute approximate surface area is 105 Å². The Morgan fingerprint density at radius 3 is 2.61 bits per heavy atom. The van der Waals surface area contributed by atoms with Gasteiger partial charge in [-0.3, -0.25) is 4.79 Å². The number of amides is 1. The van der Waals surface area contributed by atoms with E-state index in [0.29, 0.717) is 11.3 Å². The summed E-state index contributed by atoms with van der Waals surface area (Å²) in [6.07, 6.45) is 0. The van der Waals surface area contributed by atoms with Crippen molar-refractivity contribution < 1.29 is 9.90 Å². The number of phenolic OH excluding ortho intramolecular Hbond substituents is 1. The molecular formula is C14H14N2O2. The smallest absolute Gasteiger partial charge is 0.257 e. The van der Waals surface area contributed by atoms with E-state index in [9.17, 15) is 9.90 Å². The molecule has 2 aromatic carbocycles. The van der Waals surface area contributed by atoms with Gasteiger partial charge in [0.25, 0.3) is 5.91 Å². The molecule has 0 fully saturated rings. The standard InChI is InChI=1S/C14H14N2O2/c1-15-13-8-3-2-7-12(13)14(18)16-10-5-4-6-11(17)9-10/h2-9,15,17H,1H3,(H,16,18). The van der Waals surface area contributed by atoms with Gasteiger partial charge in [-0.1, -0.05) is 18.2 Å². The van der Waals surface area contributed by atoms with Crippen LogP contribution in [-0.2, 0) is 0 Å². The van der Waals surface area contributed by atoms with E-state index in [-0.39, 0.29) is 11.7 Å². The first-order chi connectivity index (χ1) is 8.70. The average molecular weight is 242 g/mol. The minimum atomic E-state index is -0.217. The number of para-hydroxylation sites is 1. The monoisotopic (exact) mass is 242 g/mol. The fraction of sp³-hybridized carbons (Fsp3) is 0.0714. The molecule has 18 heavy (non-hydrogen) atoms. The van der Waals surface area contributed by atoms with Crippen LogP contribution in [0.25, 0.3) is 0 Å². The van der Waals surface area contributed by atoms with Gasteiger partial charge in [0.2, 0.25) is 0 Å². The van der Waals surface area contributed by atoms with Crippen LogP contribution in [0.3, 0.4) is 0 Å². The zero-order valence-corrected chi connectivity index (χ0v) is 9.97. The highest BCUT2D eigenvalue weighted by molar-refractivity contribution is 6.08. The van der Waals surface area contributed by atoms with E-state index in [0.717, 1.165) is 5.69 Å². The number of carbonyl (C=O) groups is 1. The summed E-state index contributed by atoms with van der Waals surface area (Å²) in [7, 11) is 1.76. The molecule has 0 aliphatic carbocycles. The van der Waals surface area contributed by atoms with Crippen LogP contribution < -0.4 is 10.6 Å². The van der Waals surface area contributed by atoms with Crippen LogP contribution in [0.5, 0.6) is 5.75 Å². The topological polar surface area (TPSA) is 61.4 Å². The molecule has 3 N–H and O–H groups in total. The minimum Gasteiger partial charge on any atom is -0.508 e. The molecule has 0 atom stereocenters. The van der Waals surface area contributed by atoms with E-state index in [4.69, 9.17) is 0 Å². The summed E-state index contributed by atoms with van der Waals surface area (Å²) < 4.78 is 0. The Kier molecular flexibility index (Phi) is 3.48. The lowest BCUT2D eigenvalue weighted by atomic mass is 10.1. The molecular weight excluding hydrogens is 228 g/mol. The Hall–Kier alpha value is -2.49. The molecule has 0 saturated carbocycles. The lowest BCUT2D eigenvalue weighted by molar-refractivity contribution is 0.102. The van der Waals surface area contributed by atoms with Crippen LogP contribution in [0, 0.1) is 0 Å². The average Bonchev–Trinajstić information content (AvgIpc) is 2.38. The van der Waals surface area contributed by atoms with Gasteiger partial charge in [0.1, 0.15) is 5.75 Å². The van der Waals surface area contributed by atoms with Crippen molar-refractivity contribution in [3.05, 3.63) is 54.1 Å². The van der Waals surface area contributed by atoms with Crippen LogP contribution in [0.2, 0.25) is 0 Å². The van der Waals surface area contributed by atoms with E-state index in [2.05, 4.69) is 10.6 Å². The summed E-state index contributed by atoms with van der Waals surface area (Å²) in [5.74, 6) is -0.0970. The summed E-state index contributed by atoms with van der Waals surface area (Å²) >= 11 is 0. The number of hydrogen-bond donors (Lipinski definition) is 3. The van der Waals surface area contributed by atoms with Gasteiger partial charge in [-0.2, -0.15) is 0 Å². The second-order valence-corrected chi connectivity index (χ2v) is 3.80. The van der Waals surface area contributed by atoms with Crippen LogP contribution in [0.15, 0.2) is 48.5 Å². The summed E-state index contributed by atoms with van der Waals surface area (Å²) in [6.45, 7) is 0. The molecule has 0 heterocycles. The number of benzene rings is 2. The normalized spacial score (nSPS) is 9.83. The molecule has 92 valence electrons. The highest BCUT2D eigenvalue weighted by Crippen LogP contribution is 2.19. The third kappa shape index (κ3) is 2.60. The highest BCUT2D eigenvalue weighted by atomic mass is 16.3. The number of rotatable bonds is 3. The van der Waals surface area contributed by atoms with Gasteiger partial charge in [0, 0.05) is 24.5 Å². The van der Waals surface area contributed by atoms with Gasteiger partial charge < -0.3 is 15.7 Å². The zero-order valence-electron chi connectivity index (χ0n) is 9.97. The quantitative estimate of drug-likeness (QED) is 0.775. The molecule has 0 saturated heterocycles. The molecule has 0 spiro atoms. The maximum Gasteiger partial charge on any atom is 0.257 e. The van der Waals surface area contributed by atoms with Gasteiger partial charge in [0.15, 0.2) is 0 Å². The van der Waals surface area contributed by atoms with Crippen molar-refractivity contribution in [3.63, 3.8) is 0 Å². The van der Waals surface area contributed by atoms with Gasteiger partial charge in [-0.15, -0.1) is 0 Å². The largest absolute Gasteiger partial charge is 0.508 e. The third-order valence-corrected chi connectivity index (χ3v) is 2.55. The molecule has 0 aliphatic heterocycles. The van der Waals surface area contributed by atoms with Crippen molar-refractivity contribution in [2.75, 3.05) is 17.7 Å². The van der Waals surface area contributed by atoms with E-state index in [1.54, 1.807) is 37.4 Å². The van der Waals surface area contributed by atoms with Crippen molar-refractivity contribution in [2.24, 2.45) is 0 Å². The third-order valence-electron chi connectivity index (χ3n) is 2.55. The SMILES string of the molecule is CNc1ccccc1C(=O)Nc1cccc(O)c1. The summed E-state index contributed by atoms with van der Waals surface area (Å²) in [6, 6.07) is 13.7. The summed E-state index contributed by atoms with van der Waals surface area (Å²) in [5.41, 5.74) is 1.88. The van der Waals surface area contributed by atoms with Crippen LogP contribution >= 0.6 is 0 Å². The lowest BCUT2D eigenvalue weighted by Gasteiger charge is -2.09. The summed E-state index contributed by atoms with van der Waals surface area (Å²) in [4.78, 5) is 12.1. The van der Waals surface area contributed by atoms with Gasteiger partial charge >= 0.3 is 0 Å². The van der Waals surface area contributed by atoms with E-state index < -0.39 is 0 Å². The van der Waals surface area contributed by atoms with Crippen molar-refractivity contribution in [3.8, 4) is 5.75 Å². The summed E-state index contributed by atoms with van der Waals surface area (Å²) in [5, 5.41) is 15.0. The molecule has 4 nitrogen and oxygen atoms in total. The Morgan fingerprint density at radius 1 is 1.11 bits per heavy atom. The van der Waals surface area contributed by atoms with Crippen LogP contribution in [-0.4, -0.2) is 18.1 Å². The molecule has 1 amide bonds. The van der Waals surface area contributed by atoms with Crippen molar-refractivity contribution in [2.45, 2.75) is 0 Å². The predicted octanol–water partition coefficient (Wildman–Crippen LogP) is 2.69. The molecule has 0 aromatic heterocycles. The van der Waals surface area contributed by atoms with Crippen LogP contribution in [0.4, 0.5) is 11.4 Å². The van der Waals surface area contributed by atoms with E-state index in [1.807, 2.05) is 12.1 Å². The Balaban J connectivity index is 2.22. The lowest BCUT2D eigenvalue weighted by Crippen LogP contribution is -2.13. The fourth-order valence-corrected chi connectivity index (χ4v) is 1.68. The Bertz CT molecular complexity index is 567. The van der Waals surface area contributed by atoms with Gasteiger partial charge in [0.05, 0.1) is 5.56 Å². The van der Waals surface area contributed by atoms with Gasteiger partial charge in [-0.05, 0) is 24.3 Å². The molecule has 2 rings (SSSR count). The molecule has 0 bridgehead atoms. The predicted molar refractivity (Wildman–Crippen MR) is 72.0 cm³/mol. The van der Waals surface area contributed by atoms with Crippen molar-refractivity contribution in [1.29, 1.82) is 0 Å². The fourth-order valence-electron chi connectivity index (χ4n) is 1.68. The number of hydrogen-bond acceptors (Lipinski definition) is 3. The molecule has 0 radical (unpaired) electrons. The molecule has 2 aromatic rings. The maximum absolute atomic E-state index is 12.1. The number of nitrogens with one attached hydrogen (secondary N) is 2. The second-order valence-electron chi connectivity index (χ2n) is 3.80. The second kappa shape index (κ2) is 5.23. The molecule has 0 aliphatic rings. The van der Waals surface area contributed by atoms with E-state index in [1.165, 1.54) is 6.07 Å². The number of phenols is 1. The minimum absolute atomic E-state index is 0.120. The first kappa shape index (κ1) is 12.0. The Morgan fingerprint density at radius 2 is 1.89 bits per heavy atom. The highest BCUT2D eigenvalue weighted by Gasteiger charge is 2.10. The van der Waals surface area contributed by atoms with Crippen LogP contribution in [0.1, 0.15) is 10.4 Å². The number of anilines is 2. The van der Waals surface area contributed by atoms with Crippen molar-refractivity contribution >= 4 is 17.3 Å². The van der Waals surface area contributed by atoms with Gasteiger partial charge in [-0.25, -0.2) is 0 Å². The first-order valence-corrected chi connectivity index (χ1v) is 5.58. The van der Waals surface area contributed by atoms with Crippen molar-refractivity contribution in [1.82, 2.24) is 0 Å².